The summed E-state index contributed by atoms with van der Waals surface area (Å²) < 4.78 is 0. The number of nitro benzene ring substituents is 1. The Labute approximate surface area is 147 Å². The van der Waals surface area contributed by atoms with Gasteiger partial charge in [0.05, 0.1) is 4.92 Å². The van der Waals surface area contributed by atoms with Gasteiger partial charge in [-0.15, -0.1) is 0 Å². The molecule has 0 radical (unpaired) electrons. The monoisotopic (exact) mass is 332 g/mol. The summed E-state index contributed by atoms with van der Waals surface area (Å²) in [7, 11) is 0. The van der Waals surface area contributed by atoms with E-state index in [4.69, 9.17) is 0 Å². The van der Waals surface area contributed by atoms with Gasteiger partial charge in [-0.1, -0.05) is 66.7 Å². The van der Waals surface area contributed by atoms with Crippen LogP contribution in [-0.2, 0) is 13.0 Å². The lowest BCUT2D eigenvalue weighted by molar-refractivity contribution is -0.384. The zero-order valence-electron chi connectivity index (χ0n) is 13.9. The Morgan fingerprint density at radius 2 is 1.56 bits per heavy atom. The Kier molecular flexibility index (Phi) is 5.54. The smallest absolute Gasteiger partial charge is 0.270 e. The molecule has 0 aromatic heterocycles. The van der Waals surface area contributed by atoms with E-state index in [0.29, 0.717) is 0 Å². The van der Waals surface area contributed by atoms with Crippen LogP contribution in [0.25, 0.3) is 11.1 Å². The SMILES string of the molecule is O=[N+]([O-])c1cccc(-c2ccc(CNCCc3ccccc3)cc2)c1. The highest BCUT2D eigenvalue weighted by Crippen LogP contribution is 2.24. The summed E-state index contributed by atoms with van der Waals surface area (Å²) in [5.41, 5.74) is 4.48. The van der Waals surface area contributed by atoms with Gasteiger partial charge in [0, 0.05) is 18.7 Å². The van der Waals surface area contributed by atoms with Crippen molar-refractivity contribution in [2.24, 2.45) is 0 Å². The molecule has 0 bridgehead atoms. The van der Waals surface area contributed by atoms with E-state index < -0.39 is 0 Å². The number of nitrogens with one attached hydrogen (secondary N) is 1. The molecule has 0 saturated carbocycles. The molecule has 0 aliphatic carbocycles. The number of hydrogen-bond donors (Lipinski definition) is 1. The van der Waals surface area contributed by atoms with Crippen LogP contribution in [0.2, 0.25) is 0 Å². The Bertz CT molecular complexity index is 830. The fraction of sp³-hybridized carbons (Fsp3) is 0.143. The molecule has 126 valence electrons. The van der Waals surface area contributed by atoms with Gasteiger partial charge < -0.3 is 5.32 Å². The van der Waals surface area contributed by atoms with Gasteiger partial charge in [0.2, 0.25) is 0 Å². The Morgan fingerprint density at radius 1 is 0.800 bits per heavy atom. The van der Waals surface area contributed by atoms with Crippen molar-refractivity contribution in [2.45, 2.75) is 13.0 Å². The maximum atomic E-state index is 10.9. The van der Waals surface area contributed by atoms with Crippen molar-refractivity contribution < 1.29 is 4.92 Å². The molecule has 3 aromatic carbocycles. The molecule has 0 spiro atoms. The largest absolute Gasteiger partial charge is 0.312 e. The van der Waals surface area contributed by atoms with E-state index in [-0.39, 0.29) is 10.6 Å². The van der Waals surface area contributed by atoms with Gasteiger partial charge in [-0.05, 0) is 35.2 Å². The van der Waals surface area contributed by atoms with Crippen LogP contribution in [0.3, 0.4) is 0 Å². The maximum absolute atomic E-state index is 10.9. The predicted molar refractivity (Wildman–Crippen MR) is 100 cm³/mol. The van der Waals surface area contributed by atoms with Gasteiger partial charge in [-0.3, -0.25) is 10.1 Å². The van der Waals surface area contributed by atoms with Gasteiger partial charge in [0.25, 0.3) is 5.69 Å². The fourth-order valence-corrected chi connectivity index (χ4v) is 2.72. The summed E-state index contributed by atoms with van der Waals surface area (Å²) in [5, 5.41) is 14.3. The molecular formula is C21H20N2O2. The Hall–Kier alpha value is -2.98. The first-order chi connectivity index (χ1) is 12.2. The van der Waals surface area contributed by atoms with Crippen molar-refractivity contribution in [1.82, 2.24) is 5.32 Å². The van der Waals surface area contributed by atoms with Crippen LogP contribution in [0.4, 0.5) is 5.69 Å². The fourth-order valence-electron chi connectivity index (χ4n) is 2.72. The van der Waals surface area contributed by atoms with Gasteiger partial charge in [0.15, 0.2) is 0 Å². The molecule has 0 heterocycles. The number of nitro groups is 1. The molecule has 0 atom stereocenters. The molecule has 4 nitrogen and oxygen atoms in total. The summed E-state index contributed by atoms with van der Waals surface area (Å²) in [5.74, 6) is 0. The van der Waals surface area contributed by atoms with Crippen LogP contribution in [0.1, 0.15) is 11.1 Å². The molecule has 3 rings (SSSR count). The molecule has 0 saturated heterocycles. The lowest BCUT2D eigenvalue weighted by atomic mass is 10.0. The van der Waals surface area contributed by atoms with Crippen LogP contribution >= 0.6 is 0 Å². The summed E-state index contributed by atoms with van der Waals surface area (Å²) in [4.78, 5) is 10.5. The highest BCUT2D eigenvalue weighted by molar-refractivity contribution is 5.66. The summed E-state index contributed by atoms with van der Waals surface area (Å²) in [6.07, 6.45) is 1.01. The van der Waals surface area contributed by atoms with Crippen molar-refractivity contribution in [3.8, 4) is 11.1 Å². The van der Waals surface area contributed by atoms with Crippen LogP contribution in [0, 0.1) is 10.1 Å². The highest BCUT2D eigenvalue weighted by Gasteiger charge is 2.07. The van der Waals surface area contributed by atoms with E-state index >= 15 is 0 Å². The second-order valence-corrected chi connectivity index (χ2v) is 5.92. The molecule has 0 amide bonds. The second-order valence-electron chi connectivity index (χ2n) is 5.92. The quantitative estimate of drug-likeness (QED) is 0.391. The average molecular weight is 332 g/mol. The zero-order valence-corrected chi connectivity index (χ0v) is 13.9. The van der Waals surface area contributed by atoms with Crippen molar-refractivity contribution in [1.29, 1.82) is 0 Å². The highest BCUT2D eigenvalue weighted by atomic mass is 16.6. The van der Waals surface area contributed by atoms with Crippen LogP contribution < -0.4 is 5.32 Å². The second kappa shape index (κ2) is 8.22. The molecule has 0 aliphatic rings. The van der Waals surface area contributed by atoms with Crippen molar-refractivity contribution >= 4 is 5.69 Å². The minimum Gasteiger partial charge on any atom is -0.312 e. The number of nitrogens with zero attached hydrogens (tertiary/aromatic N) is 1. The first kappa shape index (κ1) is 16.9. The van der Waals surface area contributed by atoms with E-state index in [0.717, 1.165) is 30.6 Å². The average Bonchev–Trinajstić information content (AvgIpc) is 2.67. The van der Waals surface area contributed by atoms with E-state index in [2.05, 4.69) is 41.7 Å². The van der Waals surface area contributed by atoms with E-state index in [1.165, 1.54) is 17.2 Å². The summed E-state index contributed by atoms with van der Waals surface area (Å²) in [6.45, 7) is 1.73. The van der Waals surface area contributed by atoms with Gasteiger partial charge >= 0.3 is 0 Å². The third-order valence-corrected chi connectivity index (χ3v) is 4.11. The van der Waals surface area contributed by atoms with E-state index in [1.807, 2.05) is 24.3 Å². The summed E-state index contributed by atoms with van der Waals surface area (Å²) >= 11 is 0. The van der Waals surface area contributed by atoms with Gasteiger partial charge in [0.1, 0.15) is 0 Å². The minimum absolute atomic E-state index is 0.115. The molecule has 1 N–H and O–H groups in total. The van der Waals surface area contributed by atoms with E-state index in [9.17, 15) is 10.1 Å². The Balaban J connectivity index is 1.55. The predicted octanol–water partition coefficient (Wildman–Crippen LogP) is 4.59. The van der Waals surface area contributed by atoms with Crippen molar-refractivity contribution in [2.75, 3.05) is 6.54 Å². The van der Waals surface area contributed by atoms with Gasteiger partial charge in [-0.25, -0.2) is 0 Å². The number of rotatable bonds is 7. The minimum atomic E-state index is -0.367. The van der Waals surface area contributed by atoms with Crippen LogP contribution in [-0.4, -0.2) is 11.5 Å². The van der Waals surface area contributed by atoms with Crippen molar-refractivity contribution in [3.05, 3.63) is 100 Å². The topological polar surface area (TPSA) is 55.2 Å². The number of hydrogen-bond acceptors (Lipinski definition) is 3. The molecule has 0 aliphatic heterocycles. The first-order valence-corrected chi connectivity index (χ1v) is 8.31. The standard InChI is InChI=1S/C21H20N2O2/c24-23(25)21-8-4-7-20(15-21)19-11-9-18(10-12-19)16-22-14-13-17-5-2-1-3-6-17/h1-12,15,22H,13-14,16H2. The van der Waals surface area contributed by atoms with Crippen molar-refractivity contribution in [3.63, 3.8) is 0 Å². The first-order valence-electron chi connectivity index (χ1n) is 8.31. The van der Waals surface area contributed by atoms with Crippen LogP contribution in [0.5, 0.6) is 0 Å². The molecule has 25 heavy (non-hydrogen) atoms. The lowest BCUT2D eigenvalue weighted by Crippen LogP contribution is -2.16. The molecule has 4 heteroatoms. The molecular weight excluding hydrogens is 312 g/mol. The molecule has 0 fully saturated rings. The number of non-ortho nitro benzene ring substituents is 1. The summed E-state index contributed by atoms with van der Waals surface area (Å²) in [6, 6.07) is 25.3. The van der Waals surface area contributed by atoms with Crippen LogP contribution in [0.15, 0.2) is 78.9 Å². The lowest BCUT2D eigenvalue weighted by Gasteiger charge is -2.07. The van der Waals surface area contributed by atoms with Gasteiger partial charge in [-0.2, -0.15) is 0 Å². The van der Waals surface area contributed by atoms with E-state index in [1.54, 1.807) is 12.1 Å². The molecule has 0 unspecified atom stereocenters. The third kappa shape index (κ3) is 4.75. The number of benzene rings is 3. The normalized spacial score (nSPS) is 10.6. The molecule has 3 aromatic rings. The maximum Gasteiger partial charge on any atom is 0.270 e. The zero-order chi connectivity index (χ0) is 17.5. The Morgan fingerprint density at radius 3 is 2.28 bits per heavy atom. The third-order valence-electron chi connectivity index (χ3n) is 4.11.